The molecule has 0 spiro atoms. The van der Waals surface area contributed by atoms with Crippen LogP contribution in [0.2, 0.25) is 52.4 Å². The second-order valence-corrected chi connectivity index (χ2v) is 29.2. The summed E-state index contributed by atoms with van der Waals surface area (Å²) in [4.78, 5) is 30.1. The molecule has 0 fully saturated rings. The highest BCUT2D eigenvalue weighted by Crippen LogP contribution is 2.44. The zero-order chi connectivity index (χ0) is 31.6. The summed E-state index contributed by atoms with van der Waals surface area (Å²) in [7, 11) is -6.64. The molecule has 238 valence electrons. The Kier molecular flexibility index (Phi) is 16.8. The highest BCUT2D eigenvalue weighted by atomic mass is 28.4. The summed E-state index contributed by atoms with van der Waals surface area (Å²) in [6.45, 7) is 37.0. The van der Waals surface area contributed by atoms with E-state index < -0.39 is 31.0 Å². The summed E-state index contributed by atoms with van der Waals surface area (Å²) in [6.07, 6.45) is 0.967. The van der Waals surface area contributed by atoms with Gasteiger partial charge in [0.05, 0.1) is 6.42 Å². The molecule has 9 heteroatoms. The van der Waals surface area contributed by atoms with Crippen LogP contribution in [0.5, 0.6) is 0 Å². The molecule has 0 aliphatic carbocycles. The number of carbonyl (C=O) groups excluding carboxylic acids is 2. The van der Waals surface area contributed by atoms with Crippen LogP contribution < -0.4 is 0 Å². The highest BCUT2D eigenvalue weighted by Gasteiger charge is 2.51. The van der Waals surface area contributed by atoms with Crippen LogP contribution in [-0.4, -0.2) is 67.5 Å². The van der Waals surface area contributed by atoms with Crippen LogP contribution in [0.1, 0.15) is 110 Å². The largest absolute Gasteiger partial charge is 0.518 e. The molecule has 0 bridgehead atoms. The smallest absolute Gasteiger partial charge is 0.310 e. The average Bonchev–Trinajstić information content (AvgIpc) is 2.80. The van der Waals surface area contributed by atoms with Gasteiger partial charge in [-0.2, -0.15) is 0 Å². The Morgan fingerprint density at radius 3 is 1.43 bits per heavy atom. The normalized spacial score (nSPS) is 14.4. The molecule has 0 aliphatic heterocycles. The number of nitrogens with zero attached hydrogens (tertiary/aromatic N) is 1. The number of likely N-dealkylation sites (N-methyl/N-ethyl adjacent to an activating group) is 1. The first kappa shape index (κ1) is 39.5. The van der Waals surface area contributed by atoms with E-state index in [0.29, 0.717) is 6.54 Å². The van der Waals surface area contributed by atoms with Crippen LogP contribution in [0.4, 0.5) is 0 Å². The molecule has 0 aliphatic rings. The predicted molar refractivity (Wildman–Crippen MR) is 178 cm³/mol. The fourth-order valence-corrected chi connectivity index (χ4v) is 19.7. The number of rotatable bonds is 19. The lowest BCUT2D eigenvalue weighted by molar-refractivity contribution is -0.148. The molecule has 0 heterocycles. The van der Waals surface area contributed by atoms with Gasteiger partial charge in [-0.1, -0.05) is 90.0 Å². The maximum Gasteiger partial charge on any atom is 0.310 e. The second-order valence-electron chi connectivity index (χ2n) is 14.2. The fraction of sp³-hybridized carbons (Fsp3) is 0.935. The summed E-state index contributed by atoms with van der Waals surface area (Å²) in [5.41, 5.74) is 1.70. The molecule has 1 atom stereocenters. The zero-order valence-corrected chi connectivity index (χ0v) is 32.3. The first-order valence-corrected chi connectivity index (χ1v) is 23.5. The van der Waals surface area contributed by atoms with Gasteiger partial charge in [0.1, 0.15) is 6.04 Å². The first-order valence-electron chi connectivity index (χ1n) is 16.1. The van der Waals surface area contributed by atoms with E-state index in [4.69, 9.17) is 13.3 Å². The summed E-state index contributed by atoms with van der Waals surface area (Å²) >= 11 is 0. The lowest BCUT2D eigenvalue weighted by Crippen LogP contribution is -2.55. The van der Waals surface area contributed by atoms with Gasteiger partial charge in [-0.3, -0.25) is 14.5 Å². The van der Waals surface area contributed by atoms with Crippen molar-refractivity contribution in [2.24, 2.45) is 0 Å². The third kappa shape index (κ3) is 10.1. The van der Waals surface area contributed by atoms with Gasteiger partial charge in [0.15, 0.2) is 8.32 Å². The van der Waals surface area contributed by atoms with E-state index in [9.17, 15) is 9.59 Å². The Morgan fingerprint density at radius 1 is 0.675 bits per heavy atom. The van der Waals surface area contributed by atoms with E-state index in [0.717, 1.165) is 25.6 Å². The van der Waals surface area contributed by atoms with Crippen LogP contribution in [0.15, 0.2) is 0 Å². The molecule has 0 N–H and O–H groups in total. The third-order valence-electron chi connectivity index (χ3n) is 9.22. The van der Waals surface area contributed by atoms with Crippen molar-refractivity contribution in [1.82, 2.24) is 4.90 Å². The lowest BCUT2D eigenvalue weighted by Gasteiger charge is -2.43. The van der Waals surface area contributed by atoms with Crippen LogP contribution in [-0.2, 0) is 22.9 Å². The highest BCUT2D eigenvalue weighted by molar-refractivity contribution is 6.79. The van der Waals surface area contributed by atoms with Crippen molar-refractivity contribution >= 4 is 36.9 Å². The van der Waals surface area contributed by atoms with E-state index in [1.807, 2.05) is 6.92 Å². The van der Waals surface area contributed by atoms with Crippen molar-refractivity contribution in [1.29, 1.82) is 0 Å². The molecule has 0 saturated heterocycles. The van der Waals surface area contributed by atoms with E-state index in [1.165, 1.54) is 0 Å². The van der Waals surface area contributed by atoms with E-state index in [1.54, 1.807) is 0 Å². The average molecular weight is 618 g/mol. The quantitative estimate of drug-likeness (QED) is 0.135. The Bertz CT molecular complexity index is 725. The maximum atomic E-state index is 14.2. The minimum atomic E-state index is -2.47. The molecule has 0 aromatic carbocycles. The van der Waals surface area contributed by atoms with Crippen molar-refractivity contribution in [2.75, 3.05) is 19.7 Å². The van der Waals surface area contributed by atoms with Crippen LogP contribution >= 0.6 is 0 Å². The molecule has 0 saturated carbocycles. The molecule has 1 unspecified atom stereocenters. The summed E-state index contributed by atoms with van der Waals surface area (Å²) in [5, 5.41) is 0. The third-order valence-corrected chi connectivity index (χ3v) is 23.8. The van der Waals surface area contributed by atoms with Crippen LogP contribution in [0, 0.1) is 0 Å². The monoisotopic (exact) mass is 617 g/mol. The molecule has 40 heavy (non-hydrogen) atoms. The second kappa shape index (κ2) is 17.0. The van der Waals surface area contributed by atoms with Crippen molar-refractivity contribution in [3.8, 4) is 0 Å². The Labute approximate surface area is 252 Å². The Balaban J connectivity index is 6.39. The van der Waals surface area contributed by atoms with Gasteiger partial charge in [-0.05, 0) is 78.8 Å². The lowest BCUT2D eigenvalue weighted by atomic mass is 10.1. The van der Waals surface area contributed by atoms with Crippen LogP contribution in [0.3, 0.4) is 0 Å². The SMILES string of the molecule is CCO[Si](C)(C)CCCN(CC)C(CC(=O)O[Si](C(C)C)(C(C)C)C(C)C)C(=O)O[Si](C(C)C)(C(C)C)C(C)C. The summed E-state index contributed by atoms with van der Waals surface area (Å²) in [5.74, 6) is -0.494. The zero-order valence-electron chi connectivity index (χ0n) is 29.3. The Hall–Kier alpha value is -0.489. The fourth-order valence-electron chi connectivity index (χ4n) is 7.41. The maximum absolute atomic E-state index is 14.2. The van der Waals surface area contributed by atoms with Gasteiger partial charge in [0, 0.05) is 6.61 Å². The number of hydrogen-bond acceptors (Lipinski definition) is 6. The van der Waals surface area contributed by atoms with Gasteiger partial charge in [0.2, 0.25) is 0 Å². The molecule has 0 aromatic heterocycles. The Morgan fingerprint density at radius 2 is 1.07 bits per heavy atom. The molecule has 0 amide bonds. The van der Waals surface area contributed by atoms with Gasteiger partial charge < -0.3 is 13.3 Å². The summed E-state index contributed by atoms with van der Waals surface area (Å²) in [6, 6.07) is 0.367. The van der Waals surface area contributed by atoms with Crippen LogP contribution in [0.25, 0.3) is 0 Å². The number of carbonyl (C=O) groups is 2. The van der Waals surface area contributed by atoms with E-state index in [-0.39, 0.29) is 51.6 Å². The molecular weight excluding hydrogens is 551 g/mol. The van der Waals surface area contributed by atoms with E-state index in [2.05, 4.69) is 108 Å². The van der Waals surface area contributed by atoms with Gasteiger partial charge >= 0.3 is 5.97 Å². The summed E-state index contributed by atoms with van der Waals surface area (Å²) < 4.78 is 19.2. The van der Waals surface area contributed by atoms with Gasteiger partial charge in [0.25, 0.3) is 22.6 Å². The molecule has 6 nitrogen and oxygen atoms in total. The van der Waals surface area contributed by atoms with Crippen molar-refractivity contribution in [3.05, 3.63) is 0 Å². The van der Waals surface area contributed by atoms with Crippen molar-refractivity contribution in [2.45, 2.75) is 168 Å². The van der Waals surface area contributed by atoms with Crippen molar-refractivity contribution < 1.29 is 22.9 Å². The standard InChI is InChI=1S/C31H67NO5Si3/c1-17-32(20-19-21-38(15,16)35-18-2)29(31(34)37-40(26(9)10,27(11)12)28(13)14)22-30(33)36-39(23(3)4,24(5)6)25(7)8/h23-29H,17-22H2,1-16H3. The molecule has 0 rings (SSSR count). The van der Waals surface area contributed by atoms with Gasteiger partial charge in [-0.15, -0.1) is 0 Å². The van der Waals surface area contributed by atoms with E-state index >= 15 is 0 Å². The van der Waals surface area contributed by atoms with Gasteiger partial charge in [-0.25, -0.2) is 0 Å². The van der Waals surface area contributed by atoms with Crippen molar-refractivity contribution in [3.63, 3.8) is 0 Å². The minimum absolute atomic E-state index is 0.0403. The topological polar surface area (TPSA) is 65.1 Å². The molecule has 0 radical (unpaired) electrons. The predicted octanol–water partition coefficient (Wildman–Crippen LogP) is 9.14. The number of hydrogen-bond donors (Lipinski definition) is 0. The molecular formula is C31H67NO5Si3. The first-order chi connectivity index (χ1) is 18.3. The minimum Gasteiger partial charge on any atom is -0.518 e. The molecule has 0 aromatic rings.